The minimum Gasteiger partial charge on any atom is -0.445 e. The summed E-state index contributed by atoms with van der Waals surface area (Å²) in [6.07, 6.45) is -0.545. The molecule has 3 nitrogen and oxygen atoms in total. The Labute approximate surface area is 106 Å². The molecular weight excluding hydrogens is 277 g/mol. The molecule has 7 heteroatoms. The monoisotopic (exact) mass is 291 g/mol. The van der Waals surface area contributed by atoms with Crippen LogP contribution in [-0.4, -0.2) is 30.2 Å². The summed E-state index contributed by atoms with van der Waals surface area (Å²) in [5, 5.41) is 2.72. The molecular formula is C8H16Cl3NO2Si. The number of hydrogen-bond acceptors (Lipinski definition) is 2. The molecule has 0 spiro atoms. The molecule has 0 fully saturated rings. The molecule has 1 atom stereocenters. The molecule has 0 saturated heterocycles. The zero-order valence-electron chi connectivity index (χ0n) is 9.23. The first-order valence-corrected chi connectivity index (χ1v) is 9.23. The molecule has 0 aromatic carbocycles. The quantitative estimate of drug-likeness (QED) is 0.640. The van der Waals surface area contributed by atoms with Gasteiger partial charge in [0, 0.05) is 5.67 Å². The van der Waals surface area contributed by atoms with Crippen molar-refractivity contribution in [2.45, 2.75) is 36.0 Å². The van der Waals surface area contributed by atoms with Gasteiger partial charge in [-0.25, -0.2) is 4.79 Å². The highest BCUT2D eigenvalue weighted by Crippen LogP contribution is 2.25. The maximum atomic E-state index is 11.3. The molecule has 0 aliphatic rings. The van der Waals surface area contributed by atoms with Crippen LogP contribution in [0.2, 0.25) is 19.6 Å². The lowest BCUT2D eigenvalue weighted by atomic mass is 10.7. The summed E-state index contributed by atoms with van der Waals surface area (Å²) in [6, 6.07) is 0. The number of halogens is 3. The van der Waals surface area contributed by atoms with E-state index < -0.39 is 18.0 Å². The van der Waals surface area contributed by atoms with Gasteiger partial charge < -0.3 is 10.1 Å². The molecule has 0 radical (unpaired) electrons. The maximum absolute atomic E-state index is 11.3. The van der Waals surface area contributed by atoms with Crippen LogP contribution in [0.5, 0.6) is 0 Å². The van der Waals surface area contributed by atoms with Crippen molar-refractivity contribution in [2.75, 3.05) is 6.61 Å². The number of carbonyl (C=O) groups excluding carboxylic acids is 1. The van der Waals surface area contributed by atoms with Gasteiger partial charge in [0.05, 0.1) is 8.07 Å². The molecule has 0 aliphatic carbocycles. The summed E-state index contributed by atoms with van der Waals surface area (Å²) in [7, 11) is -1.41. The number of hydrogen-bond donors (Lipinski definition) is 1. The number of ether oxygens (including phenoxy) is 1. The van der Waals surface area contributed by atoms with Crippen molar-refractivity contribution in [3.63, 3.8) is 0 Å². The first-order valence-electron chi connectivity index (χ1n) is 4.52. The van der Waals surface area contributed by atoms with Crippen molar-refractivity contribution in [2.24, 2.45) is 0 Å². The van der Waals surface area contributed by atoms with E-state index in [0.29, 0.717) is 0 Å². The van der Waals surface area contributed by atoms with Crippen LogP contribution in [0.4, 0.5) is 4.79 Å². The molecule has 0 saturated carbocycles. The van der Waals surface area contributed by atoms with E-state index in [0.717, 1.165) is 0 Å². The third kappa shape index (κ3) is 8.19. The van der Waals surface area contributed by atoms with Gasteiger partial charge >= 0.3 is 6.09 Å². The van der Waals surface area contributed by atoms with Gasteiger partial charge in [0.15, 0.2) is 0 Å². The van der Waals surface area contributed by atoms with Crippen LogP contribution in [0.25, 0.3) is 0 Å². The third-order valence-corrected chi connectivity index (χ3v) is 5.07. The fourth-order valence-corrected chi connectivity index (χ4v) is 1.30. The van der Waals surface area contributed by atoms with Crippen LogP contribution >= 0.6 is 34.8 Å². The van der Waals surface area contributed by atoms with Gasteiger partial charge in [-0.3, -0.25) is 0 Å². The molecule has 0 aliphatic heterocycles. The van der Waals surface area contributed by atoms with Crippen molar-refractivity contribution in [3.8, 4) is 0 Å². The number of rotatable bonds is 3. The second kappa shape index (κ2) is 5.62. The van der Waals surface area contributed by atoms with E-state index in [9.17, 15) is 4.79 Å². The summed E-state index contributed by atoms with van der Waals surface area (Å²) in [4.78, 5) is 11.3. The van der Waals surface area contributed by atoms with Crippen molar-refractivity contribution in [1.82, 2.24) is 5.32 Å². The molecule has 0 heterocycles. The SMILES string of the molecule is CC(NC(=O)OCC(Cl)(Cl)Cl)[Si](C)(C)C. The average molecular weight is 293 g/mol. The van der Waals surface area contributed by atoms with Crippen molar-refractivity contribution >= 4 is 49.0 Å². The van der Waals surface area contributed by atoms with Crippen LogP contribution in [0.15, 0.2) is 0 Å². The summed E-state index contributed by atoms with van der Waals surface area (Å²) >= 11 is 16.3. The molecule has 1 N–H and O–H groups in total. The Bertz CT molecular complexity index is 225. The molecule has 0 aromatic rings. The van der Waals surface area contributed by atoms with E-state index in [1.165, 1.54) is 0 Å². The Morgan fingerprint density at radius 3 is 2.20 bits per heavy atom. The van der Waals surface area contributed by atoms with E-state index in [1.807, 2.05) is 6.92 Å². The maximum Gasteiger partial charge on any atom is 0.407 e. The fourth-order valence-electron chi connectivity index (χ4n) is 0.582. The van der Waals surface area contributed by atoms with Gasteiger partial charge in [0.2, 0.25) is 3.79 Å². The van der Waals surface area contributed by atoms with Crippen molar-refractivity contribution < 1.29 is 9.53 Å². The normalized spacial score (nSPS) is 14.6. The average Bonchev–Trinajstić information content (AvgIpc) is 1.97. The van der Waals surface area contributed by atoms with Gasteiger partial charge in [-0.15, -0.1) is 0 Å². The highest BCUT2D eigenvalue weighted by Gasteiger charge is 2.26. The molecule has 15 heavy (non-hydrogen) atoms. The molecule has 0 rings (SSSR count). The second-order valence-corrected chi connectivity index (χ2v) is 12.5. The van der Waals surface area contributed by atoms with Crippen molar-refractivity contribution in [1.29, 1.82) is 0 Å². The number of alkyl halides is 3. The summed E-state index contributed by atoms with van der Waals surface area (Å²) in [5.41, 5.74) is 0.111. The smallest absolute Gasteiger partial charge is 0.407 e. The number of alkyl carbamates (subject to hydrolysis) is 1. The summed E-state index contributed by atoms with van der Waals surface area (Å²) in [5.74, 6) is 0. The first-order chi connectivity index (χ1) is 6.52. The molecule has 1 amide bonds. The summed E-state index contributed by atoms with van der Waals surface area (Å²) in [6.45, 7) is 8.14. The van der Waals surface area contributed by atoms with Crippen LogP contribution < -0.4 is 5.32 Å². The van der Waals surface area contributed by atoms with Crippen LogP contribution in [0.1, 0.15) is 6.92 Å². The fraction of sp³-hybridized carbons (Fsp3) is 0.875. The predicted octanol–water partition coefficient (Wildman–Crippen LogP) is 3.35. The lowest BCUT2D eigenvalue weighted by molar-refractivity contribution is 0.147. The Kier molecular flexibility index (Phi) is 5.75. The number of nitrogens with one attached hydrogen (secondary N) is 1. The molecule has 1 unspecified atom stereocenters. The highest BCUT2D eigenvalue weighted by atomic mass is 35.6. The molecule has 0 aromatic heterocycles. The highest BCUT2D eigenvalue weighted by molar-refractivity contribution is 6.77. The largest absolute Gasteiger partial charge is 0.445 e. The lowest BCUT2D eigenvalue weighted by Gasteiger charge is -2.26. The zero-order valence-corrected chi connectivity index (χ0v) is 12.5. The minimum absolute atomic E-state index is 0.111. The number of carbonyl (C=O) groups is 1. The van der Waals surface area contributed by atoms with E-state index in [1.54, 1.807) is 0 Å². The van der Waals surface area contributed by atoms with Crippen molar-refractivity contribution in [3.05, 3.63) is 0 Å². The Morgan fingerprint density at radius 2 is 1.87 bits per heavy atom. The van der Waals surface area contributed by atoms with Crippen LogP contribution in [-0.2, 0) is 4.74 Å². The van der Waals surface area contributed by atoms with Gasteiger partial charge in [-0.1, -0.05) is 54.4 Å². The first kappa shape index (κ1) is 15.4. The Balaban J connectivity index is 3.96. The summed E-state index contributed by atoms with van der Waals surface area (Å²) < 4.78 is 3.19. The topological polar surface area (TPSA) is 38.3 Å². The second-order valence-electron chi connectivity index (χ2n) is 4.42. The van der Waals surface area contributed by atoms with Gasteiger partial charge in [-0.2, -0.15) is 0 Å². The van der Waals surface area contributed by atoms with E-state index in [2.05, 4.69) is 25.0 Å². The standard InChI is InChI=1S/C8H16Cl3NO2Si/c1-6(15(2,3)4)12-7(13)14-5-8(9,10)11/h6H,5H2,1-4H3,(H,12,13). The Morgan fingerprint density at radius 1 is 1.40 bits per heavy atom. The predicted molar refractivity (Wildman–Crippen MR) is 67.6 cm³/mol. The zero-order chi connectivity index (χ0) is 12.3. The Hall–Kier alpha value is 0.357. The molecule has 0 bridgehead atoms. The van der Waals surface area contributed by atoms with E-state index >= 15 is 0 Å². The molecule has 90 valence electrons. The van der Waals surface area contributed by atoms with Gasteiger partial charge in [0.1, 0.15) is 6.61 Å². The van der Waals surface area contributed by atoms with Gasteiger partial charge in [-0.05, 0) is 6.92 Å². The van der Waals surface area contributed by atoms with E-state index in [-0.39, 0.29) is 12.3 Å². The van der Waals surface area contributed by atoms with Crippen LogP contribution in [0.3, 0.4) is 0 Å². The van der Waals surface area contributed by atoms with E-state index in [4.69, 9.17) is 39.5 Å². The number of amides is 1. The third-order valence-electron chi connectivity index (χ3n) is 2.00. The van der Waals surface area contributed by atoms with Gasteiger partial charge in [0.25, 0.3) is 0 Å². The minimum atomic E-state index is -1.56. The van der Waals surface area contributed by atoms with Crippen LogP contribution in [0, 0.1) is 0 Å². The lowest BCUT2D eigenvalue weighted by Crippen LogP contribution is -2.49.